The highest BCUT2D eigenvalue weighted by molar-refractivity contribution is 6.30. The Kier molecular flexibility index (Phi) is 6.47. The second kappa shape index (κ2) is 9.46. The molecule has 3 aromatic rings. The minimum absolute atomic E-state index is 0.274. The van der Waals surface area contributed by atoms with Gasteiger partial charge in [0.05, 0.1) is 0 Å². The van der Waals surface area contributed by atoms with Crippen LogP contribution in [-0.4, -0.2) is 42.9 Å². The van der Waals surface area contributed by atoms with Crippen LogP contribution in [0, 0.1) is 6.92 Å². The Balaban J connectivity index is 1.68. The summed E-state index contributed by atoms with van der Waals surface area (Å²) in [5.74, 6) is -0.606. The molecule has 1 heterocycles. The molecule has 1 fully saturated rings. The van der Waals surface area contributed by atoms with Crippen LogP contribution in [-0.2, 0) is 4.79 Å². The fourth-order valence-electron chi connectivity index (χ4n) is 3.79. The van der Waals surface area contributed by atoms with E-state index in [1.165, 1.54) is 0 Å². The molecule has 0 spiro atoms. The van der Waals surface area contributed by atoms with Crippen LogP contribution in [0.3, 0.4) is 0 Å². The molecule has 3 aromatic carbocycles. The number of carbonyl (C=O) groups is 2. The molecule has 2 amide bonds. The fourth-order valence-corrected chi connectivity index (χ4v) is 3.92. The maximum absolute atomic E-state index is 13.0. The van der Waals surface area contributed by atoms with Crippen LogP contribution in [0.25, 0.3) is 0 Å². The third-order valence-corrected chi connectivity index (χ3v) is 5.90. The third kappa shape index (κ3) is 5.07. The number of anilines is 1. The van der Waals surface area contributed by atoms with Gasteiger partial charge in [-0.3, -0.25) is 9.59 Å². The monoisotopic (exact) mass is 461 g/mol. The average Bonchev–Trinajstić information content (AvgIpc) is 3.09. The van der Waals surface area contributed by atoms with E-state index in [1.807, 2.05) is 80.7 Å². The van der Waals surface area contributed by atoms with Crippen LogP contribution in [0.1, 0.15) is 33.1 Å². The highest BCUT2D eigenvalue weighted by Gasteiger charge is 2.47. The molecule has 0 bridgehead atoms. The number of rotatable bonds is 5. The quantitative estimate of drug-likeness (QED) is 0.569. The van der Waals surface area contributed by atoms with Gasteiger partial charge in [-0.15, -0.1) is 10.1 Å². The first-order valence-electron chi connectivity index (χ1n) is 10.7. The van der Waals surface area contributed by atoms with Crippen molar-refractivity contribution in [1.82, 2.24) is 10.7 Å². The number of carbonyl (C=O) groups excluding carboxylic acids is 2. The topological polar surface area (TPSA) is 64.5 Å². The van der Waals surface area contributed by atoms with Gasteiger partial charge in [0, 0.05) is 41.5 Å². The molecular weight excluding hydrogens is 436 g/mol. The molecule has 33 heavy (non-hydrogen) atoms. The van der Waals surface area contributed by atoms with Gasteiger partial charge < -0.3 is 10.2 Å². The SMILES string of the molecule is Cc1ccc([C@H]2[C@@H](NC(=O)c3ccc(Cl)cc3)C(=O)N/[N+]2=C\c2ccc(N(C)C)cc2)cc1. The van der Waals surface area contributed by atoms with E-state index in [0.29, 0.717) is 10.6 Å². The van der Waals surface area contributed by atoms with E-state index in [9.17, 15) is 9.59 Å². The summed E-state index contributed by atoms with van der Waals surface area (Å²) in [5.41, 5.74) is 7.41. The predicted octanol–water partition coefficient (Wildman–Crippen LogP) is 3.73. The molecule has 1 aliphatic rings. The summed E-state index contributed by atoms with van der Waals surface area (Å²) in [4.78, 5) is 27.9. The van der Waals surface area contributed by atoms with E-state index in [4.69, 9.17) is 11.6 Å². The van der Waals surface area contributed by atoms with Crippen LogP contribution in [0.2, 0.25) is 5.02 Å². The number of hydrazine groups is 1. The van der Waals surface area contributed by atoms with Crippen molar-refractivity contribution < 1.29 is 14.3 Å². The van der Waals surface area contributed by atoms with Crippen LogP contribution >= 0.6 is 11.6 Å². The zero-order chi connectivity index (χ0) is 23.5. The minimum Gasteiger partial charge on any atom is -0.378 e. The molecule has 2 N–H and O–H groups in total. The first-order chi connectivity index (χ1) is 15.8. The number of hydrogen-bond acceptors (Lipinski definition) is 3. The van der Waals surface area contributed by atoms with Gasteiger partial charge in [0.1, 0.15) is 0 Å². The van der Waals surface area contributed by atoms with Crippen LogP contribution in [0.5, 0.6) is 0 Å². The highest BCUT2D eigenvalue weighted by atomic mass is 35.5. The number of benzene rings is 3. The standard InChI is InChI=1S/C26H25ClN4O2/c1-17-4-8-19(9-5-17)24-23(28-25(32)20-10-12-21(27)13-11-20)26(33)29-31(24)16-18-6-14-22(15-7-18)30(2)3/h4-16,23-24H,1-3H3,(H-,28,29,32,33)/p+1/t23-,24+/m1/s1. The summed E-state index contributed by atoms with van der Waals surface area (Å²) in [6.07, 6.45) is 1.89. The molecule has 168 valence electrons. The van der Waals surface area contributed by atoms with Gasteiger partial charge >= 0.3 is 5.91 Å². The zero-order valence-electron chi connectivity index (χ0n) is 18.7. The Hall–Kier alpha value is -3.64. The van der Waals surface area contributed by atoms with Gasteiger partial charge in [0.2, 0.25) is 12.3 Å². The number of nitrogens with one attached hydrogen (secondary N) is 2. The normalized spacial score (nSPS) is 18.8. The fraction of sp³-hybridized carbons (Fsp3) is 0.192. The van der Waals surface area contributed by atoms with Crippen molar-refractivity contribution in [1.29, 1.82) is 0 Å². The number of hydrogen-bond donors (Lipinski definition) is 2. The molecule has 7 heteroatoms. The molecule has 6 nitrogen and oxygen atoms in total. The second-order valence-electron chi connectivity index (χ2n) is 8.31. The summed E-state index contributed by atoms with van der Waals surface area (Å²) in [7, 11) is 3.97. The first kappa shape index (κ1) is 22.6. The summed E-state index contributed by atoms with van der Waals surface area (Å²) in [6.45, 7) is 2.01. The summed E-state index contributed by atoms with van der Waals surface area (Å²) in [6, 6.07) is 21.4. The highest BCUT2D eigenvalue weighted by Crippen LogP contribution is 2.26. The minimum atomic E-state index is -0.770. The Morgan fingerprint density at radius 2 is 1.64 bits per heavy atom. The maximum atomic E-state index is 13.0. The smallest absolute Gasteiger partial charge is 0.304 e. The first-order valence-corrected chi connectivity index (χ1v) is 11.0. The second-order valence-corrected chi connectivity index (χ2v) is 8.75. The molecule has 0 saturated carbocycles. The van der Waals surface area contributed by atoms with Gasteiger partial charge in [0.15, 0.2) is 6.04 Å². The summed E-state index contributed by atoms with van der Waals surface area (Å²) < 4.78 is 1.77. The lowest BCUT2D eigenvalue weighted by Gasteiger charge is -2.15. The zero-order valence-corrected chi connectivity index (χ0v) is 19.5. The average molecular weight is 462 g/mol. The van der Waals surface area contributed by atoms with E-state index in [-0.39, 0.29) is 11.8 Å². The number of hydrazone groups is 1. The van der Waals surface area contributed by atoms with E-state index in [0.717, 1.165) is 22.4 Å². The van der Waals surface area contributed by atoms with Gasteiger partial charge in [-0.25, -0.2) is 0 Å². The Morgan fingerprint density at radius 3 is 2.24 bits per heavy atom. The lowest BCUT2D eigenvalue weighted by atomic mass is 9.98. The molecule has 4 rings (SSSR count). The maximum Gasteiger partial charge on any atom is 0.304 e. The number of nitrogens with zero attached hydrogens (tertiary/aromatic N) is 2. The molecular formula is C26H26ClN4O2+. The van der Waals surface area contributed by atoms with E-state index in [2.05, 4.69) is 10.7 Å². The van der Waals surface area contributed by atoms with Crippen molar-refractivity contribution in [2.24, 2.45) is 0 Å². The van der Waals surface area contributed by atoms with Crippen molar-refractivity contribution >= 4 is 35.3 Å². The van der Waals surface area contributed by atoms with Gasteiger partial charge in [-0.05, 0) is 55.5 Å². The van der Waals surface area contributed by atoms with E-state index in [1.54, 1.807) is 28.9 Å². The Labute approximate surface area is 198 Å². The van der Waals surface area contributed by atoms with Crippen LogP contribution in [0.15, 0.2) is 72.8 Å². The summed E-state index contributed by atoms with van der Waals surface area (Å²) in [5, 5.41) is 3.45. The molecule has 0 radical (unpaired) electrons. The lowest BCUT2D eigenvalue weighted by molar-refractivity contribution is -0.596. The van der Waals surface area contributed by atoms with Gasteiger partial charge in [-0.1, -0.05) is 41.4 Å². The van der Waals surface area contributed by atoms with E-state index < -0.39 is 12.1 Å². The molecule has 0 unspecified atom stereocenters. The van der Waals surface area contributed by atoms with Crippen molar-refractivity contribution in [3.05, 3.63) is 100 Å². The molecule has 0 aliphatic carbocycles. The molecule has 2 atom stereocenters. The number of aryl methyl sites for hydroxylation is 1. The number of halogens is 1. The molecule has 1 aliphatic heterocycles. The van der Waals surface area contributed by atoms with Crippen LogP contribution < -0.4 is 15.6 Å². The Bertz CT molecular complexity index is 1190. The lowest BCUT2D eigenvalue weighted by Crippen LogP contribution is -2.42. The van der Waals surface area contributed by atoms with Crippen molar-refractivity contribution in [3.63, 3.8) is 0 Å². The summed E-state index contributed by atoms with van der Waals surface area (Å²) >= 11 is 5.94. The molecule has 0 aromatic heterocycles. The van der Waals surface area contributed by atoms with E-state index >= 15 is 0 Å². The largest absolute Gasteiger partial charge is 0.378 e. The Morgan fingerprint density at radius 1 is 1.00 bits per heavy atom. The molecule has 1 saturated heterocycles. The van der Waals surface area contributed by atoms with Crippen molar-refractivity contribution in [2.45, 2.75) is 19.0 Å². The predicted molar refractivity (Wildman–Crippen MR) is 131 cm³/mol. The van der Waals surface area contributed by atoms with Crippen LogP contribution in [0.4, 0.5) is 5.69 Å². The third-order valence-electron chi connectivity index (χ3n) is 5.65. The van der Waals surface area contributed by atoms with Gasteiger partial charge in [-0.2, -0.15) is 0 Å². The van der Waals surface area contributed by atoms with Gasteiger partial charge in [0.25, 0.3) is 5.91 Å². The van der Waals surface area contributed by atoms with Crippen molar-refractivity contribution in [3.8, 4) is 0 Å². The van der Waals surface area contributed by atoms with Crippen molar-refractivity contribution in [2.75, 3.05) is 19.0 Å². The number of amides is 2.